The van der Waals surface area contributed by atoms with Crippen LogP contribution in [0.4, 0.5) is 0 Å². The van der Waals surface area contributed by atoms with E-state index in [1.54, 1.807) is 0 Å². The number of hydrogen-bond donors (Lipinski definition) is 1. The fourth-order valence-corrected chi connectivity index (χ4v) is 1.75. The molecule has 0 amide bonds. The van der Waals surface area contributed by atoms with Crippen molar-refractivity contribution >= 4 is 5.78 Å². The zero-order valence-corrected chi connectivity index (χ0v) is 9.52. The van der Waals surface area contributed by atoms with Gasteiger partial charge in [0.2, 0.25) is 0 Å². The van der Waals surface area contributed by atoms with Gasteiger partial charge in [-0.1, -0.05) is 20.8 Å². The molecule has 0 radical (unpaired) electrons. The smallest absolute Gasteiger partial charge is 0.155 e. The quantitative estimate of drug-likeness (QED) is 0.697. The van der Waals surface area contributed by atoms with Crippen LogP contribution in [0.15, 0.2) is 11.6 Å². The maximum absolute atomic E-state index is 11.3. The summed E-state index contributed by atoms with van der Waals surface area (Å²) in [6.45, 7) is 8.49. The van der Waals surface area contributed by atoms with E-state index in [9.17, 15) is 4.79 Å². The standard InChI is InChI=1S/C12H21NO/c1-4-7-13-9-10-8-11(14)5-6-12(10,2)3/h8,13H,4-7,9H2,1-3H3. The summed E-state index contributed by atoms with van der Waals surface area (Å²) >= 11 is 0. The lowest BCUT2D eigenvalue weighted by Crippen LogP contribution is -2.30. The maximum atomic E-state index is 11.3. The molecule has 1 aliphatic carbocycles. The number of allylic oxidation sites excluding steroid dienone is 1. The predicted molar refractivity (Wildman–Crippen MR) is 59.3 cm³/mol. The van der Waals surface area contributed by atoms with Crippen molar-refractivity contribution in [2.45, 2.75) is 40.0 Å². The average Bonchev–Trinajstić information content (AvgIpc) is 2.12. The largest absolute Gasteiger partial charge is 0.313 e. The first-order chi connectivity index (χ1) is 6.56. The van der Waals surface area contributed by atoms with Gasteiger partial charge >= 0.3 is 0 Å². The summed E-state index contributed by atoms with van der Waals surface area (Å²) in [5.74, 6) is 0.289. The van der Waals surface area contributed by atoms with Gasteiger partial charge in [0, 0.05) is 13.0 Å². The average molecular weight is 195 g/mol. The molecule has 0 saturated heterocycles. The molecule has 2 heteroatoms. The van der Waals surface area contributed by atoms with E-state index in [4.69, 9.17) is 0 Å². The van der Waals surface area contributed by atoms with E-state index >= 15 is 0 Å². The van der Waals surface area contributed by atoms with Gasteiger partial charge in [0.05, 0.1) is 0 Å². The SMILES string of the molecule is CCCNCC1=CC(=O)CCC1(C)C. The van der Waals surface area contributed by atoms with Gasteiger partial charge in [-0.2, -0.15) is 0 Å². The normalized spacial score (nSPS) is 20.8. The van der Waals surface area contributed by atoms with Crippen LogP contribution in [0, 0.1) is 5.41 Å². The lowest BCUT2D eigenvalue weighted by atomic mass is 9.75. The van der Waals surface area contributed by atoms with Crippen LogP contribution in [0.5, 0.6) is 0 Å². The third-order valence-corrected chi connectivity index (χ3v) is 2.94. The summed E-state index contributed by atoms with van der Waals surface area (Å²) in [6.07, 6.45) is 4.68. The second-order valence-corrected chi connectivity index (χ2v) is 4.70. The number of carbonyl (C=O) groups is 1. The number of hydrogen-bond acceptors (Lipinski definition) is 2. The van der Waals surface area contributed by atoms with Gasteiger partial charge in [0.15, 0.2) is 5.78 Å². The van der Waals surface area contributed by atoms with Crippen LogP contribution in [0.3, 0.4) is 0 Å². The molecule has 80 valence electrons. The molecule has 0 spiro atoms. The monoisotopic (exact) mass is 195 g/mol. The van der Waals surface area contributed by atoms with Crippen LogP contribution in [-0.2, 0) is 4.79 Å². The van der Waals surface area contributed by atoms with E-state index in [1.165, 1.54) is 5.57 Å². The molecule has 0 aromatic carbocycles. The Balaban J connectivity index is 2.57. The molecule has 14 heavy (non-hydrogen) atoms. The molecule has 1 rings (SSSR count). The summed E-state index contributed by atoms with van der Waals surface area (Å²) in [6, 6.07) is 0. The third kappa shape index (κ3) is 2.95. The molecular weight excluding hydrogens is 174 g/mol. The highest BCUT2D eigenvalue weighted by Crippen LogP contribution is 2.34. The first kappa shape index (κ1) is 11.4. The van der Waals surface area contributed by atoms with Gasteiger partial charge < -0.3 is 5.32 Å². The van der Waals surface area contributed by atoms with Crippen LogP contribution in [0.2, 0.25) is 0 Å². The molecular formula is C12H21NO. The Hall–Kier alpha value is -0.630. The van der Waals surface area contributed by atoms with Crippen molar-refractivity contribution < 1.29 is 4.79 Å². The van der Waals surface area contributed by atoms with Crippen molar-refractivity contribution in [2.24, 2.45) is 5.41 Å². The van der Waals surface area contributed by atoms with Gasteiger partial charge in [-0.15, -0.1) is 0 Å². The Kier molecular flexibility index (Phi) is 3.87. The Labute approximate surface area is 86.8 Å². The van der Waals surface area contributed by atoms with Crippen molar-refractivity contribution in [3.8, 4) is 0 Å². The molecule has 0 fully saturated rings. The Morgan fingerprint density at radius 3 is 2.86 bits per heavy atom. The maximum Gasteiger partial charge on any atom is 0.155 e. The van der Waals surface area contributed by atoms with Crippen LogP contribution < -0.4 is 5.32 Å². The topological polar surface area (TPSA) is 29.1 Å². The summed E-state index contributed by atoms with van der Waals surface area (Å²) in [5, 5.41) is 3.36. The van der Waals surface area contributed by atoms with Crippen molar-refractivity contribution in [1.29, 1.82) is 0 Å². The van der Waals surface area contributed by atoms with Gasteiger partial charge in [-0.3, -0.25) is 4.79 Å². The number of nitrogens with one attached hydrogen (secondary N) is 1. The highest BCUT2D eigenvalue weighted by molar-refractivity contribution is 5.91. The van der Waals surface area contributed by atoms with E-state index in [1.807, 2.05) is 6.08 Å². The minimum Gasteiger partial charge on any atom is -0.313 e. The molecule has 0 heterocycles. The number of carbonyl (C=O) groups excluding carboxylic acids is 1. The van der Waals surface area contributed by atoms with Gasteiger partial charge in [-0.25, -0.2) is 0 Å². The molecule has 0 atom stereocenters. The highest BCUT2D eigenvalue weighted by atomic mass is 16.1. The lowest BCUT2D eigenvalue weighted by molar-refractivity contribution is -0.115. The van der Waals surface area contributed by atoms with Gasteiger partial charge in [-0.05, 0) is 36.5 Å². The number of ketones is 1. The lowest BCUT2D eigenvalue weighted by Gasteiger charge is -2.31. The van der Waals surface area contributed by atoms with Crippen LogP contribution in [-0.4, -0.2) is 18.9 Å². The molecule has 0 saturated carbocycles. The summed E-state index contributed by atoms with van der Waals surface area (Å²) < 4.78 is 0. The van der Waals surface area contributed by atoms with Crippen molar-refractivity contribution in [1.82, 2.24) is 5.32 Å². The summed E-state index contributed by atoms with van der Waals surface area (Å²) in [7, 11) is 0. The first-order valence-corrected chi connectivity index (χ1v) is 5.51. The van der Waals surface area contributed by atoms with Gasteiger partial charge in [0.1, 0.15) is 0 Å². The Bertz CT molecular complexity index is 241. The molecule has 0 aromatic rings. The molecule has 2 nitrogen and oxygen atoms in total. The minimum atomic E-state index is 0.203. The number of rotatable bonds is 4. The van der Waals surface area contributed by atoms with E-state index in [-0.39, 0.29) is 11.2 Å². The van der Waals surface area contributed by atoms with Gasteiger partial charge in [0.25, 0.3) is 0 Å². The van der Waals surface area contributed by atoms with E-state index < -0.39 is 0 Å². The molecule has 1 N–H and O–H groups in total. The zero-order valence-electron chi connectivity index (χ0n) is 9.52. The predicted octanol–water partition coefficient (Wildman–Crippen LogP) is 2.30. The molecule has 0 aromatic heterocycles. The Morgan fingerprint density at radius 2 is 2.21 bits per heavy atom. The molecule has 0 aliphatic heterocycles. The van der Waals surface area contributed by atoms with Crippen LogP contribution in [0.1, 0.15) is 40.0 Å². The van der Waals surface area contributed by atoms with Crippen molar-refractivity contribution in [3.63, 3.8) is 0 Å². The summed E-state index contributed by atoms with van der Waals surface area (Å²) in [4.78, 5) is 11.3. The van der Waals surface area contributed by atoms with Crippen molar-refractivity contribution in [2.75, 3.05) is 13.1 Å². The zero-order chi connectivity index (χ0) is 10.6. The fraction of sp³-hybridized carbons (Fsp3) is 0.750. The van der Waals surface area contributed by atoms with E-state index in [0.29, 0.717) is 6.42 Å². The fourth-order valence-electron chi connectivity index (χ4n) is 1.75. The van der Waals surface area contributed by atoms with Crippen molar-refractivity contribution in [3.05, 3.63) is 11.6 Å². The first-order valence-electron chi connectivity index (χ1n) is 5.51. The van der Waals surface area contributed by atoms with E-state index in [0.717, 1.165) is 25.9 Å². The third-order valence-electron chi connectivity index (χ3n) is 2.94. The molecule has 1 aliphatic rings. The Morgan fingerprint density at radius 1 is 1.50 bits per heavy atom. The minimum absolute atomic E-state index is 0.203. The second-order valence-electron chi connectivity index (χ2n) is 4.70. The van der Waals surface area contributed by atoms with Crippen LogP contribution >= 0.6 is 0 Å². The molecule has 0 bridgehead atoms. The van der Waals surface area contributed by atoms with E-state index in [2.05, 4.69) is 26.1 Å². The van der Waals surface area contributed by atoms with Crippen LogP contribution in [0.25, 0.3) is 0 Å². The second kappa shape index (κ2) is 4.74. The molecule has 0 unspecified atom stereocenters. The summed E-state index contributed by atoms with van der Waals surface area (Å²) in [5.41, 5.74) is 1.47. The highest BCUT2D eigenvalue weighted by Gasteiger charge is 2.27.